The third-order valence-electron chi connectivity index (χ3n) is 3.76. The van der Waals surface area contributed by atoms with Crippen molar-refractivity contribution in [1.82, 2.24) is 0 Å². The van der Waals surface area contributed by atoms with Crippen LogP contribution in [0, 0.1) is 17.5 Å². The highest BCUT2D eigenvalue weighted by Gasteiger charge is 2.30. The fourth-order valence-electron chi connectivity index (χ4n) is 2.61. The van der Waals surface area contributed by atoms with Crippen LogP contribution in [0.2, 0.25) is 0 Å². The van der Waals surface area contributed by atoms with Gasteiger partial charge in [-0.15, -0.1) is 0 Å². The first kappa shape index (κ1) is 13.0. The van der Waals surface area contributed by atoms with Crippen LogP contribution in [0.4, 0.5) is 18.9 Å². The molecule has 1 aliphatic rings. The minimum Gasteiger partial charge on any atom is -0.382 e. The van der Waals surface area contributed by atoms with Crippen LogP contribution in [-0.2, 0) is 0 Å². The zero-order valence-electron chi connectivity index (χ0n) is 10.7. The number of anilines is 1. The topological polar surface area (TPSA) is 12.0 Å². The second-order valence-corrected chi connectivity index (χ2v) is 5.17. The average Bonchev–Trinajstić information content (AvgIpc) is 2.40. The SMILES string of the molecule is Fc1cc(NC2CC(c3ccccc3)C2)cc(F)c1F. The predicted octanol–water partition coefficient (Wildman–Crippen LogP) is 4.46. The molecule has 0 saturated heterocycles. The molecular weight excluding hydrogens is 263 g/mol. The summed E-state index contributed by atoms with van der Waals surface area (Å²) in [6, 6.07) is 12.3. The predicted molar refractivity (Wildman–Crippen MR) is 72.1 cm³/mol. The molecular formula is C16H14F3N. The van der Waals surface area contributed by atoms with Crippen LogP contribution >= 0.6 is 0 Å². The molecule has 1 fully saturated rings. The van der Waals surface area contributed by atoms with E-state index in [2.05, 4.69) is 17.4 Å². The third kappa shape index (κ3) is 2.50. The van der Waals surface area contributed by atoms with Crippen LogP contribution in [-0.4, -0.2) is 6.04 Å². The van der Waals surface area contributed by atoms with Gasteiger partial charge in [0.2, 0.25) is 0 Å². The van der Waals surface area contributed by atoms with Crippen molar-refractivity contribution in [3.63, 3.8) is 0 Å². The molecule has 1 aliphatic carbocycles. The summed E-state index contributed by atoms with van der Waals surface area (Å²) >= 11 is 0. The Morgan fingerprint density at radius 3 is 2.10 bits per heavy atom. The third-order valence-corrected chi connectivity index (χ3v) is 3.76. The van der Waals surface area contributed by atoms with Crippen LogP contribution in [0.5, 0.6) is 0 Å². The van der Waals surface area contributed by atoms with Gasteiger partial charge in [-0.2, -0.15) is 0 Å². The van der Waals surface area contributed by atoms with E-state index in [0.717, 1.165) is 25.0 Å². The molecule has 2 aromatic carbocycles. The Bertz CT molecular complexity index is 583. The molecule has 0 atom stereocenters. The van der Waals surface area contributed by atoms with Crippen LogP contribution in [0.15, 0.2) is 42.5 Å². The summed E-state index contributed by atoms with van der Waals surface area (Å²) in [6.07, 6.45) is 1.81. The van der Waals surface area contributed by atoms with Gasteiger partial charge >= 0.3 is 0 Å². The second kappa shape index (κ2) is 5.19. The highest BCUT2D eigenvalue weighted by molar-refractivity contribution is 5.46. The largest absolute Gasteiger partial charge is 0.382 e. The quantitative estimate of drug-likeness (QED) is 0.817. The first-order valence-electron chi connectivity index (χ1n) is 6.59. The lowest BCUT2D eigenvalue weighted by atomic mass is 9.76. The van der Waals surface area contributed by atoms with E-state index in [-0.39, 0.29) is 11.7 Å². The monoisotopic (exact) mass is 277 g/mol. The summed E-state index contributed by atoms with van der Waals surface area (Å²) in [5, 5.41) is 3.04. The maximum absolute atomic E-state index is 13.1. The van der Waals surface area contributed by atoms with E-state index >= 15 is 0 Å². The standard InChI is InChI=1S/C16H14F3N/c17-14-8-13(9-15(18)16(14)19)20-12-6-11(7-12)10-4-2-1-3-5-10/h1-5,8-9,11-12,20H,6-7H2. The highest BCUT2D eigenvalue weighted by Crippen LogP contribution is 2.38. The van der Waals surface area contributed by atoms with Gasteiger partial charge < -0.3 is 5.32 Å². The van der Waals surface area contributed by atoms with Crippen LogP contribution in [0.3, 0.4) is 0 Å². The van der Waals surface area contributed by atoms with Crippen molar-refractivity contribution < 1.29 is 13.2 Å². The lowest BCUT2D eigenvalue weighted by Gasteiger charge is -2.37. The molecule has 2 aromatic rings. The van der Waals surface area contributed by atoms with E-state index < -0.39 is 17.5 Å². The molecule has 104 valence electrons. The van der Waals surface area contributed by atoms with E-state index in [9.17, 15) is 13.2 Å². The van der Waals surface area contributed by atoms with Gasteiger partial charge in [-0.1, -0.05) is 30.3 Å². The van der Waals surface area contributed by atoms with Crippen LogP contribution < -0.4 is 5.32 Å². The molecule has 1 saturated carbocycles. The number of benzene rings is 2. The van der Waals surface area contributed by atoms with Crippen molar-refractivity contribution >= 4 is 5.69 Å². The smallest absolute Gasteiger partial charge is 0.194 e. The van der Waals surface area contributed by atoms with Gasteiger partial charge in [-0.3, -0.25) is 0 Å². The maximum atomic E-state index is 13.1. The number of halogens is 3. The van der Waals surface area contributed by atoms with Gasteiger partial charge in [0.1, 0.15) is 0 Å². The summed E-state index contributed by atoms with van der Waals surface area (Å²) in [6.45, 7) is 0. The molecule has 4 heteroatoms. The maximum Gasteiger partial charge on any atom is 0.194 e. The highest BCUT2D eigenvalue weighted by atomic mass is 19.2. The molecule has 20 heavy (non-hydrogen) atoms. The van der Waals surface area contributed by atoms with E-state index in [4.69, 9.17) is 0 Å². The Balaban J connectivity index is 1.62. The Kier molecular flexibility index (Phi) is 3.38. The molecule has 0 heterocycles. The Morgan fingerprint density at radius 1 is 0.900 bits per heavy atom. The molecule has 0 aliphatic heterocycles. The van der Waals surface area contributed by atoms with Crippen molar-refractivity contribution in [1.29, 1.82) is 0 Å². The summed E-state index contributed by atoms with van der Waals surface area (Å²) in [5.41, 5.74) is 1.57. The molecule has 0 amide bonds. The average molecular weight is 277 g/mol. The lowest BCUT2D eigenvalue weighted by molar-refractivity contribution is 0.373. The normalized spacial score (nSPS) is 21.4. The first-order valence-corrected chi connectivity index (χ1v) is 6.59. The van der Waals surface area contributed by atoms with Crippen molar-refractivity contribution in [2.75, 3.05) is 5.32 Å². The van der Waals surface area contributed by atoms with Gasteiger partial charge in [0.15, 0.2) is 17.5 Å². The molecule has 0 unspecified atom stereocenters. The summed E-state index contributed by atoms with van der Waals surface area (Å²) < 4.78 is 39.0. The Morgan fingerprint density at radius 2 is 1.50 bits per heavy atom. The summed E-state index contributed by atoms with van der Waals surface area (Å²) in [4.78, 5) is 0. The number of nitrogens with one attached hydrogen (secondary N) is 1. The first-order chi connectivity index (χ1) is 9.63. The van der Waals surface area contributed by atoms with Gasteiger partial charge in [0, 0.05) is 23.9 Å². The number of hydrogen-bond acceptors (Lipinski definition) is 1. The Labute approximate surface area is 115 Å². The summed E-state index contributed by atoms with van der Waals surface area (Å²) in [7, 11) is 0. The fraction of sp³-hybridized carbons (Fsp3) is 0.250. The second-order valence-electron chi connectivity index (χ2n) is 5.17. The zero-order chi connectivity index (χ0) is 14.1. The van der Waals surface area contributed by atoms with Crippen molar-refractivity contribution in [3.05, 3.63) is 65.5 Å². The van der Waals surface area contributed by atoms with E-state index in [1.165, 1.54) is 5.56 Å². The number of hydrogen-bond donors (Lipinski definition) is 1. The lowest BCUT2D eigenvalue weighted by Crippen LogP contribution is -2.34. The van der Waals surface area contributed by atoms with Crippen LogP contribution in [0.1, 0.15) is 24.3 Å². The molecule has 0 bridgehead atoms. The Hall–Kier alpha value is -1.97. The molecule has 3 rings (SSSR count). The zero-order valence-corrected chi connectivity index (χ0v) is 10.7. The molecule has 0 aromatic heterocycles. The fourth-order valence-corrected chi connectivity index (χ4v) is 2.61. The van der Waals surface area contributed by atoms with E-state index in [0.29, 0.717) is 5.92 Å². The minimum atomic E-state index is -1.42. The molecule has 0 spiro atoms. The van der Waals surface area contributed by atoms with Gasteiger partial charge in [0.05, 0.1) is 0 Å². The summed E-state index contributed by atoms with van der Waals surface area (Å²) in [5.74, 6) is -3.27. The molecule has 0 radical (unpaired) electrons. The van der Waals surface area contributed by atoms with Crippen LogP contribution in [0.25, 0.3) is 0 Å². The van der Waals surface area contributed by atoms with Crippen molar-refractivity contribution in [2.45, 2.75) is 24.8 Å². The van der Waals surface area contributed by atoms with E-state index in [1.54, 1.807) is 0 Å². The van der Waals surface area contributed by atoms with Gasteiger partial charge in [-0.25, -0.2) is 13.2 Å². The molecule has 1 nitrogen and oxygen atoms in total. The van der Waals surface area contributed by atoms with Crippen molar-refractivity contribution in [3.8, 4) is 0 Å². The van der Waals surface area contributed by atoms with Gasteiger partial charge in [-0.05, 0) is 24.3 Å². The molecule has 1 N–H and O–H groups in total. The van der Waals surface area contributed by atoms with Crippen molar-refractivity contribution in [2.24, 2.45) is 0 Å². The van der Waals surface area contributed by atoms with Gasteiger partial charge in [0.25, 0.3) is 0 Å². The van der Waals surface area contributed by atoms with E-state index in [1.807, 2.05) is 18.2 Å². The minimum absolute atomic E-state index is 0.171. The number of rotatable bonds is 3.